The van der Waals surface area contributed by atoms with E-state index in [9.17, 15) is 14.0 Å². The summed E-state index contributed by atoms with van der Waals surface area (Å²) in [4.78, 5) is 26.1. The number of carboxylic acids is 1. The molecule has 0 bridgehead atoms. The number of hydrogen-bond acceptors (Lipinski definition) is 4. The van der Waals surface area contributed by atoms with E-state index in [1.165, 1.54) is 17.0 Å². The molecule has 2 aromatic rings. The first-order chi connectivity index (χ1) is 13.0. The summed E-state index contributed by atoms with van der Waals surface area (Å²) < 4.78 is 13.8. The molecule has 8 heteroatoms. The largest absolute Gasteiger partial charge is 0.478 e. The summed E-state index contributed by atoms with van der Waals surface area (Å²) in [6, 6.07) is 9.99. The Bertz CT molecular complexity index is 767. The maximum absolute atomic E-state index is 13.8. The van der Waals surface area contributed by atoms with Crippen LogP contribution in [0.15, 0.2) is 41.8 Å². The zero-order valence-corrected chi connectivity index (χ0v) is 15.5. The number of amides is 2. The smallest absolute Gasteiger partial charge is 0.335 e. The van der Waals surface area contributed by atoms with Gasteiger partial charge in [0.25, 0.3) is 0 Å². The molecule has 2 atom stereocenters. The van der Waals surface area contributed by atoms with Gasteiger partial charge in [0.05, 0.1) is 5.56 Å². The van der Waals surface area contributed by atoms with Crippen molar-refractivity contribution >= 4 is 23.3 Å². The lowest BCUT2D eigenvalue weighted by Gasteiger charge is -2.23. The Morgan fingerprint density at radius 1 is 1.22 bits per heavy atom. The van der Waals surface area contributed by atoms with Crippen molar-refractivity contribution < 1.29 is 19.1 Å². The van der Waals surface area contributed by atoms with Gasteiger partial charge < -0.3 is 15.7 Å². The number of nitrogens with one attached hydrogen (secondary N) is 2. The van der Waals surface area contributed by atoms with Crippen molar-refractivity contribution in [3.05, 3.63) is 57.8 Å². The van der Waals surface area contributed by atoms with E-state index >= 15 is 0 Å². The fourth-order valence-corrected chi connectivity index (χ4v) is 3.88. The van der Waals surface area contributed by atoms with E-state index in [-0.39, 0.29) is 17.6 Å². The van der Waals surface area contributed by atoms with Gasteiger partial charge in [-0.1, -0.05) is 18.2 Å². The first-order valence-corrected chi connectivity index (χ1v) is 9.63. The first-order valence-electron chi connectivity index (χ1n) is 8.75. The Morgan fingerprint density at radius 3 is 2.67 bits per heavy atom. The maximum Gasteiger partial charge on any atom is 0.335 e. The second kappa shape index (κ2) is 8.96. The monoisotopic (exact) mass is 391 g/mol. The van der Waals surface area contributed by atoms with Crippen LogP contribution in [0.25, 0.3) is 0 Å². The zero-order chi connectivity index (χ0) is 19.2. The topological polar surface area (TPSA) is 81.7 Å². The molecule has 1 aliphatic heterocycles. The van der Waals surface area contributed by atoms with Gasteiger partial charge in [-0.3, -0.25) is 4.90 Å². The molecule has 0 aliphatic carbocycles. The molecule has 6 nitrogen and oxygen atoms in total. The lowest BCUT2D eigenvalue weighted by Crippen LogP contribution is -2.43. The van der Waals surface area contributed by atoms with Crippen molar-refractivity contribution in [2.75, 3.05) is 13.1 Å². The minimum absolute atomic E-state index is 0.0253. The predicted octanol–water partition coefficient (Wildman–Crippen LogP) is 2.86. The van der Waals surface area contributed by atoms with Crippen LogP contribution in [0.2, 0.25) is 0 Å². The summed E-state index contributed by atoms with van der Waals surface area (Å²) in [6.45, 7) is 1.76. The molecule has 144 valence electrons. The number of hydrogen-bond donors (Lipinski definition) is 3. The Labute approximate surface area is 161 Å². The van der Waals surface area contributed by atoms with E-state index in [0.29, 0.717) is 32.6 Å². The van der Waals surface area contributed by atoms with Gasteiger partial charge in [0, 0.05) is 37.1 Å². The fourth-order valence-electron chi connectivity index (χ4n) is 3.15. The number of thiophene rings is 1. The third-order valence-electron chi connectivity index (χ3n) is 4.57. The third-order valence-corrected chi connectivity index (χ3v) is 5.43. The lowest BCUT2D eigenvalue weighted by atomic mass is 10.1. The van der Waals surface area contributed by atoms with Crippen molar-refractivity contribution in [1.29, 1.82) is 0 Å². The number of carbonyl (C=O) groups excluding carboxylic acids is 1. The quantitative estimate of drug-likeness (QED) is 0.678. The molecule has 0 unspecified atom stereocenters. The molecule has 1 aliphatic rings. The summed E-state index contributed by atoms with van der Waals surface area (Å²) in [5.74, 6) is -0.984. The number of aromatic carboxylic acids is 1. The van der Waals surface area contributed by atoms with Gasteiger partial charge in [-0.05, 0) is 35.6 Å². The highest BCUT2D eigenvalue weighted by atomic mass is 32.1. The number of benzene rings is 1. The number of halogens is 1. The van der Waals surface area contributed by atoms with Crippen LogP contribution in [0.5, 0.6) is 0 Å². The second-order valence-corrected chi connectivity index (χ2v) is 7.59. The van der Waals surface area contributed by atoms with Crippen LogP contribution in [0, 0.1) is 0 Å². The normalized spacial score (nSPS) is 19.7. The molecule has 1 saturated heterocycles. The SMILES string of the molecule is O=C(NCc1ccc(C(=O)O)cc1)NC[C@@H]1C[C@H](F)CN1Cc1cccs1. The van der Waals surface area contributed by atoms with Crippen LogP contribution in [0.1, 0.15) is 27.2 Å². The van der Waals surface area contributed by atoms with Crippen molar-refractivity contribution in [2.45, 2.75) is 31.7 Å². The van der Waals surface area contributed by atoms with Crippen LogP contribution in [-0.2, 0) is 13.1 Å². The highest BCUT2D eigenvalue weighted by Crippen LogP contribution is 2.23. The van der Waals surface area contributed by atoms with Crippen LogP contribution < -0.4 is 10.6 Å². The lowest BCUT2D eigenvalue weighted by molar-refractivity contribution is 0.0697. The van der Waals surface area contributed by atoms with Gasteiger partial charge >= 0.3 is 12.0 Å². The van der Waals surface area contributed by atoms with E-state index in [0.717, 1.165) is 5.56 Å². The number of likely N-dealkylation sites (tertiary alicyclic amines) is 1. The molecule has 1 fully saturated rings. The van der Waals surface area contributed by atoms with Gasteiger partial charge in [-0.25, -0.2) is 14.0 Å². The van der Waals surface area contributed by atoms with Crippen LogP contribution in [0.4, 0.5) is 9.18 Å². The Balaban J connectivity index is 1.44. The Kier molecular flexibility index (Phi) is 6.41. The number of rotatable bonds is 7. The van der Waals surface area contributed by atoms with Crippen molar-refractivity contribution in [3.8, 4) is 0 Å². The van der Waals surface area contributed by atoms with E-state index < -0.39 is 12.1 Å². The van der Waals surface area contributed by atoms with Crippen molar-refractivity contribution in [2.24, 2.45) is 0 Å². The highest BCUT2D eigenvalue weighted by molar-refractivity contribution is 7.09. The highest BCUT2D eigenvalue weighted by Gasteiger charge is 2.32. The maximum atomic E-state index is 13.8. The van der Waals surface area contributed by atoms with E-state index in [1.807, 2.05) is 17.5 Å². The molecular weight excluding hydrogens is 369 g/mol. The van der Waals surface area contributed by atoms with Crippen molar-refractivity contribution in [1.82, 2.24) is 15.5 Å². The molecule has 27 heavy (non-hydrogen) atoms. The molecule has 0 spiro atoms. The van der Waals surface area contributed by atoms with E-state index in [4.69, 9.17) is 5.11 Å². The molecule has 1 aromatic carbocycles. The molecule has 0 radical (unpaired) electrons. The summed E-state index contributed by atoms with van der Waals surface area (Å²) >= 11 is 1.65. The summed E-state index contributed by atoms with van der Waals surface area (Å²) in [7, 11) is 0. The molecule has 1 aromatic heterocycles. The standard InChI is InChI=1S/C19H22FN3O3S/c20-15-8-16(23(11-15)12-17-2-1-7-27-17)10-22-19(26)21-9-13-3-5-14(6-4-13)18(24)25/h1-7,15-16H,8-12H2,(H,24,25)(H2,21,22,26)/t15-,16-/m0/s1. The summed E-state index contributed by atoms with van der Waals surface area (Å²) in [5.41, 5.74) is 1.01. The molecule has 3 rings (SSSR count). The number of nitrogens with zero attached hydrogens (tertiary/aromatic N) is 1. The summed E-state index contributed by atoms with van der Waals surface area (Å²) in [5, 5.41) is 16.4. The fraction of sp³-hybridized carbons (Fsp3) is 0.368. The molecule has 0 saturated carbocycles. The van der Waals surface area contributed by atoms with Gasteiger partial charge in [-0.15, -0.1) is 11.3 Å². The van der Waals surface area contributed by atoms with Crippen LogP contribution >= 0.6 is 11.3 Å². The third kappa shape index (κ3) is 5.51. The first kappa shape index (κ1) is 19.3. The molecular formula is C19H22FN3O3S. The predicted molar refractivity (Wildman–Crippen MR) is 102 cm³/mol. The van der Waals surface area contributed by atoms with Crippen LogP contribution in [-0.4, -0.2) is 47.3 Å². The zero-order valence-electron chi connectivity index (χ0n) is 14.7. The number of carbonyl (C=O) groups is 2. The van der Waals surface area contributed by atoms with Crippen molar-refractivity contribution in [3.63, 3.8) is 0 Å². The average molecular weight is 391 g/mol. The van der Waals surface area contributed by atoms with Gasteiger partial charge in [0.2, 0.25) is 0 Å². The molecule has 2 heterocycles. The van der Waals surface area contributed by atoms with E-state index in [2.05, 4.69) is 15.5 Å². The number of alkyl halides is 1. The Hall–Kier alpha value is -2.45. The molecule has 3 N–H and O–H groups in total. The van der Waals surface area contributed by atoms with Gasteiger partial charge in [0.1, 0.15) is 6.17 Å². The number of urea groups is 1. The Morgan fingerprint density at radius 2 is 2.00 bits per heavy atom. The minimum Gasteiger partial charge on any atom is -0.478 e. The van der Waals surface area contributed by atoms with Crippen LogP contribution in [0.3, 0.4) is 0 Å². The van der Waals surface area contributed by atoms with E-state index in [1.54, 1.807) is 23.5 Å². The average Bonchev–Trinajstić information content (AvgIpc) is 3.28. The van der Waals surface area contributed by atoms with Gasteiger partial charge in [0.15, 0.2) is 0 Å². The molecule has 2 amide bonds. The van der Waals surface area contributed by atoms with Gasteiger partial charge in [-0.2, -0.15) is 0 Å². The number of carboxylic acid groups (broad SMARTS) is 1. The second-order valence-electron chi connectivity index (χ2n) is 6.56. The minimum atomic E-state index is -0.984. The summed E-state index contributed by atoms with van der Waals surface area (Å²) in [6.07, 6.45) is -0.449.